The third-order valence-corrected chi connectivity index (χ3v) is 9.48. The summed E-state index contributed by atoms with van der Waals surface area (Å²) in [5.41, 5.74) is 0.589. The molecular formula is C34H48N2O6. The number of aliphatic hydroxyl groups excluding tert-OH is 1. The number of likely N-dealkylation sites (tertiary alicyclic amines) is 1. The molecule has 0 saturated carbocycles. The first-order valence-corrected chi connectivity index (χ1v) is 15.4. The number of benzene rings is 1. The first kappa shape index (κ1) is 32.0. The fourth-order valence-electron chi connectivity index (χ4n) is 7.59. The Kier molecular flexibility index (Phi) is 9.68. The smallest absolute Gasteiger partial charge is 0.312 e. The van der Waals surface area contributed by atoms with Crippen molar-refractivity contribution < 1.29 is 29.0 Å². The zero-order valence-corrected chi connectivity index (χ0v) is 25.9. The molecule has 1 aromatic rings. The number of ether oxygens (including phenoxy) is 2. The molecule has 0 aliphatic carbocycles. The van der Waals surface area contributed by atoms with Crippen LogP contribution in [0.2, 0.25) is 0 Å². The number of carbonyl (C=O) groups is 3. The second-order valence-electron chi connectivity index (χ2n) is 12.7. The lowest BCUT2D eigenvalue weighted by Crippen LogP contribution is -2.59. The molecule has 0 aromatic heterocycles. The topological polar surface area (TPSA) is 96.4 Å². The molecule has 3 saturated heterocycles. The van der Waals surface area contributed by atoms with Crippen LogP contribution in [0.25, 0.3) is 0 Å². The summed E-state index contributed by atoms with van der Waals surface area (Å²) >= 11 is 0. The van der Waals surface area contributed by atoms with E-state index in [0.717, 1.165) is 23.2 Å². The number of esters is 1. The van der Waals surface area contributed by atoms with Crippen LogP contribution in [-0.4, -0.2) is 70.8 Å². The van der Waals surface area contributed by atoms with Gasteiger partial charge in [0.2, 0.25) is 5.91 Å². The fourth-order valence-corrected chi connectivity index (χ4v) is 7.59. The molecule has 3 aliphatic heterocycles. The fraction of sp³-hybridized carbons (Fsp3) is 0.618. The van der Waals surface area contributed by atoms with Crippen LogP contribution in [-0.2, 0) is 23.9 Å². The maximum absolute atomic E-state index is 14.9. The molecule has 3 fully saturated rings. The maximum Gasteiger partial charge on any atom is 0.312 e. The summed E-state index contributed by atoms with van der Waals surface area (Å²) in [6.07, 6.45) is 6.87. The normalized spacial score (nSPS) is 28.6. The van der Waals surface area contributed by atoms with Crippen LogP contribution >= 0.6 is 0 Å². The molecule has 2 unspecified atom stereocenters. The highest BCUT2D eigenvalue weighted by molar-refractivity contribution is 6.05. The Hall–Kier alpha value is -2.97. The number of fused-ring (bicyclic) bond motifs is 1. The minimum Gasteiger partial charge on any atom is -0.465 e. The molecule has 1 aromatic carbocycles. The third-order valence-electron chi connectivity index (χ3n) is 9.48. The molecule has 1 N–H and O–H groups in total. The van der Waals surface area contributed by atoms with E-state index in [-0.39, 0.29) is 37.5 Å². The van der Waals surface area contributed by atoms with Gasteiger partial charge in [-0.3, -0.25) is 14.4 Å². The zero-order chi connectivity index (χ0) is 30.8. The Morgan fingerprint density at radius 1 is 1.24 bits per heavy atom. The standard InChI is InChI=1S/C34H48N2O6/c1-8-11-12-18-41-32(40)28-27-30(38)36(25(21-37)19-22(4)5)29(34(27)16-15-33(28,10-3)42-34)31(39)35(17-9-2)26-20-23(6)13-14-24(26)7/h8-9,13-14,20,22,25,27-29,37H,1-2,10-12,15-19,21H2,3-7H3/t25-,27+,28+,29?,33-,34?/m1/s1. The van der Waals surface area contributed by atoms with E-state index in [2.05, 4.69) is 13.2 Å². The highest BCUT2D eigenvalue weighted by atomic mass is 16.6. The maximum atomic E-state index is 14.9. The van der Waals surface area contributed by atoms with Crippen molar-refractivity contribution in [2.24, 2.45) is 17.8 Å². The van der Waals surface area contributed by atoms with Crippen LogP contribution in [0.3, 0.4) is 0 Å². The van der Waals surface area contributed by atoms with E-state index in [0.29, 0.717) is 32.1 Å². The number of unbranched alkanes of at least 4 members (excludes halogenated alkanes) is 1. The van der Waals surface area contributed by atoms with Crippen molar-refractivity contribution in [1.82, 2.24) is 4.90 Å². The van der Waals surface area contributed by atoms with Crippen molar-refractivity contribution in [2.75, 3.05) is 24.7 Å². The Morgan fingerprint density at radius 2 is 1.98 bits per heavy atom. The van der Waals surface area contributed by atoms with Crippen molar-refractivity contribution in [3.8, 4) is 0 Å². The van der Waals surface area contributed by atoms with Gasteiger partial charge in [0.1, 0.15) is 17.6 Å². The number of hydrogen-bond acceptors (Lipinski definition) is 6. The van der Waals surface area contributed by atoms with Crippen molar-refractivity contribution in [3.63, 3.8) is 0 Å². The van der Waals surface area contributed by atoms with E-state index < -0.39 is 41.1 Å². The molecule has 2 bridgehead atoms. The number of hydrogen-bond donors (Lipinski definition) is 1. The third kappa shape index (κ3) is 5.32. The summed E-state index contributed by atoms with van der Waals surface area (Å²) in [6, 6.07) is 4.34. The average Bonchev–Trinajstić information content (AvgIpc) is 3.57. The predicted octanol–water partition coefficient (Wildman–Crippen LogP) is 4.89. The summed E-state index contributed by atoms with van der Waals surface area (Å²) in [5.74, 6) is -2.56. The van der Waals surface area contributed by atoms with E-state index in [1.54, 1.807) is 22.0 Å². The Balaban J connectivity index is 1.84. The van der Waals surface area contributed by atoms with E-state index in [9.17, 15) is 19.5 Å². The first-order valence-electron chi connectivity index (χ1n) is 15.4. The van der Waals surface area contributed by atoms with Gasteiger partial charge in [0.05, 0.1) is 30.8 Å². The van der Waals surface area contributed by atoms with E-state index in [1.165, 1.54) is 0 Å². The van der Waals surface area contributed by atoms with Crippen LogP contribution < -0.4 is 4.90 Å². The van der Waals surface area contributed by atoms with Gasteiger partial charge in [-0.05, 0) is 75.5 Å². The molecule has 8 nitrogen and oxygen atoms in total. The highest BCUT2D eigenvalue weighted by Gasteiger charge is 2.79. The van der Waals surface area contributed by atoms with Gasteiger partial charge in [0.15, 0.2) is 0 Å². The molecule has 2 amide bonds. The minimum absolute atomic E-state index is 0.164. The summed E-state index contributed by atoms with van der Waals surface area (Å²) < 4.78 is 12.6. The zero-order valence-electron chi connectivity index (χ0n) is 25.9. The summed E-state index contributed by atoms with van der Waals surface area (Å²) in [5, 5.41) is 10.6. The highest BCUT2D eigenvalue weighted by Crippen LogP contribution is 2.65. The van der Waals surface area contributed by atoms with Crippen molar-refractivity contribution in [2.45, 2.75) is 96.4 Å². The first-order chi connectivity index (χ1) is 20.0. The number of nitrogens with zero attached hydrogens (tertiary/aromatic N) is 2. The number of anilines is 1. The molecule has 3 heterocycles. The lowest BCUT2D eigenvalue weighted by atomic mass is 9.65. The second kappa shape index (κ2) is 12.7. The monoisotopic (exact) mass is 580 g/mol. The minimum atomic E-state index is -1.20. The number of aryl methyl sites for hydroxylation is 2. The summed E-state index contributed by atoms with van der Waals surface area (Å²) in [7, 11) is 0. The van der Waals surface area contributed by atoms with Gasteiger partial charge >= 0.3 is 5.97 Å². The summed E-state index contributed by atoms with van der Waals surface area (Å²) in [6.45, 7) is 17.8. The molecule has 42 heavy (non-hydrogen) atoms. The van der Waals surface area contributed by atoms with Crippen molar-refractivity contribution in [1.29, 1.82) is 0 Å². The van der Waals surface area contributed by atoms with Crippen molar-refractivity contribution in [3.05, 3.63) is 54.6 Å². The largest absolute Gasteiger partial charge is 0.465 e. The summed E-state index contributed by atoms with van der Waals surface area (Å²) in [4.78, 5) is 46.5. The van der Waals surface area contributed by atoms with Crippen molar-refractivity contribution >= 4 is 23.5 Å². The molecular weight excluding hydrogens is 532 g/mol. The van der Waals surface area contributed by atoms with Crippen LogP contribution in [0, 0.1) is 31.6 Å². The van der Waals surface area contributed by atoms with Gasteiger partial charge in [-0.1, -0.05) is 45.1 Å². The van der Waals surface area contributed by atoms with Gasteiger partial charge in [-0.2, -0.15) is 0 Å². The number of amides is 2. The lowest BCUT2D eigenvalue weighted by molar-refractivity contribution is -0.162. The van der Waals surface area contributed by atoms with Crippen LogP contribution in [0.15, 0.2) is 43.5 Å². The molecule has 0 radical (unpaired) electrons. The van der Waals surface area contributed by atoms with E-state index in [4.69, 9.17) is 9.47 Å². The van der Waals surface area contributed by atoms with E-state index in [1.807, 2.05) is 52.8 Å². The van der Waals surface area contributed by atoms with Crippen LogP contribution in [0.4, 0.5) is 5.69 Å². The van der Waals surface area contributed by atoms with Gasteiger partial charge < -0.3 is 24.4 Å². The molecule has 6 atom stereocenters. The van der Waals surface area contributed by atoms with Gasteiger partial charge in [-0.15, -0.1) is 13.2 Å². The molecule has 1 spiro atoms. The Bertz CT molecular complexity index is 1210. The molecule has 230 valence electrons. The number of rotatable bonds is 14. The Labute approximate surface area is 250 Å². The number of aliphatic hydroxyl groups is 1. The van der Waals surface area contributed by atoms with Crippen LogP contribution in [0.5, 0.6) is 0 Å². The van der Waals surface area contributed by atoms with Gasteiger partial charge in [-0.25, -0.2) is 0 Å². The molecule has 8 heteroatoms. The number of allylic oxidation sites excluding steroid dienone is 1. The predicted molar refractivity (Wildman–Crippen MR) is 163 cm³/mol. The SMILES string of the molecule is C=CCCCOC(=O)[C@@H]1[C@H]2C(=O)N([C@@H](CO)CC(C)C)C(C(=O)N(CC=C)c3cc(C)ccc3C)C23CC[C@@]1(CC)O3. The van der Waals surface area contributed by atoms with E-state index >= 15 is 0 Å². The molecule has 4 rings (SSSR count). The quantitative estimate of drug-likeness (QED) is 0.191. The van der Waals surface area contributed by atoms with Crippen LogP contribution in [0.1, 0.15) is 70.4 Å². The second-order valence-corrected chi connectivity index (χ2v) is 12.7. The van der Waals surface area contributed by atoms with Gasteiger partial charge in [0, 0.05) is 12.2 Å². The lowest BCUT2D eigenvalue weighted by Gasteiger charge is -2.40. The number of carbonyl (C=O) groups excluding carboxylic acids is 3. The van der Waals surface area contributed by atoms with Gasteiger partial charge in [0.25, 0.3) is 5.91 Å². The average molecular weight is 581 g/mol. The molecule has 3 aliphatic rings. The Morgan fingerprint density at radius 3 is 2.60 bits per heavy atom.